The lowest BCUT2D eigenvalue weighted by molar-refractivity contribution is -0.128. The number of hydrogen-bond donors (Lipinski definition) is 1. The molecule has 6 nitrogen and oxygen atoms in total. The number of carbonyl (C=O) groups excluding carboxylic acids is 1. The normalized spacial score (nSPS) is 22.3. The highest BCUT2D eigenvalue weighted by Crippen LogP contribution is 2.41. The SMILES string of the molecule is C=CC(=O)N1C2C=C(c3nc(Nc4ncc(C)s4)cc4c3ccn4CC3CC3)CC1CC2. The fourth-order valence-corrected chi connectivity index (χ4v) is 5.88. The van der Waals surface area contributed by atoms with Crippen LogP contribution in [0.15, 0.2) is 43.3 Å². The summed E-state index contributed by atoms with van der Waals surface area (Å²) in [6, 6.07) is 4.73. The van der Waals surface area contributed by atoms with E-state index < -0.39 is 0 Å². The number of aromatic nitrogens is 3. The van der Waals surface area contributed by atoms with Crippen molar-refractivity contribution in [1.82, 2.24) is 19.4 Å². The summed E-state index contributed by atoms with van der Waals surface area (Å²) >= 11 is 1.64. The molecule has 1 N–H and O–H groups in total. The Bertz CT molecular complexity index is 1250. The van der Waals surface area contributed by atoms with Gasteiger partial charge in [-0.05, 0) is 62.7 Å². The van der Waals surface area contributed by atoms with Crippen LogP contribution in [0.5, 0.6) is 0 Å². The molecule has 2 aliphatic heterocycles. The summed E-state index contributed by atoms with van der Waals surface area (Å²) in [5.74, 6) is 1.66. The number of rotatable bonds is 6. The predicted molar refractivity (Wildman–Crippen MR) is 129 cm³/mol. The molecule has 3 aliphatic rings. The Morgan fingerprint density at radius 3 is 2.94 bits per heavy atom. The number of thiazole rings is 1. The highest BCUT2D eigenvalue weighted by molar-refractivity contribution is 7.15. The molecule has 2 atom stereocenters. The predicted octanol–water partition coefficient (Wildman–Crippen LogP) is 5.29. The molecule has 5 heterocycles. The average Bonchev–Trinajstić information content (AvgIpc) is 3.29. The number of amides is 1. The molecule has 0 spiro atoms. The van der Waals surface area contributed by atoms with Crippen molar-refractivity contribution in [2.75, 3.05) is 5.32 Å². The van der Waals surface area contributed by atoms with Crippen molar-refractivity contribution < 1.29 is 4.79 Å². The number of carbonyl (C=O) groups is 1. The van der Waals surface area contributed by atoms with Crippen LogP contribution in [0.25, 0.3) is 16.5 Å². The molecule has 2 bridgehead atoms. The van der Waals surface area contributed by atoms with E-state index in [1.165, 1.54) is 40.3 Å². The number of nitrogens with one attached hydrogen (secondary N) is 1. The van der Waals surface area contributed by atoms with E-state index in [4.69, 9.17) is 4.98 Å². The van der Waals surface area contributed by atoms with E-state index in [0.717, 1.165) is 48.4 Å². The largest absolute Gasteiger partial charge is 0.347 e. The van der Waals surface area contributed by atoms with Gasteiger partial charge in [0.15, 0.2) is 5.13 Å². The lowest BCUT2D eigenvalue weighted by Gasteiger charge is -2.33. The maximum atomic E-state index is 12.4. The lowest BCUT2D eigenvalue weighted by Crippen LogP contribution is -2.42. The van der Waals surface area contributed by atoms with Crippen LogP contribution in [-0.4, -0.2) is 37.4 Å². The van der Waals surface area contributed by atoms with Gasteiger partial charge in [0.1, 0.15) is 5.82 Å². The maximum absolute atomic E-state index is 12.4. The first-order valence-corrected chi connectivity index (χ1v) is 12.3. The Kier molecular flexibility index (Phi) is 4.68. The zero-order chi connectivity index (χ0) is 21.8. The van der Waals surface area contributed by atoms with Crippen molar-refractivity contribution in [1.29, 1.82) is 0 Å². The molecule has 2 unspecified atom stereocenters. The molecular formula is C25H27N5OS. The molecule has 32 heavy (non-hydrogen) atoms. The van der Waals surface area contributed by atoms with E-state index in [0.29, 0.717) is 0 Å². The zero-order valence-corrected chi connectivity index (χ0v) is 19.1. The van der Waals surface area contributed by atoms with Gasteiger partial charge < -0.3 is 14.8 Å². The molecule has 164 valence electrons. The molecule has 3 aromatic rings. The molecule has 0 aromatic carbocycles. The third-order valence-electron chi connectivity index (χ3n) is 6.90. The number of nitrogens with zero attached hydrogens (tertiary/aromatic N) is 4. The topological polar surface area (TPSA) is 63.1 Å². The highest BCUT2D eigenvalue weighted by atomic mass is 32.1. The van der Waals surface area contributed by atoms with Gasteiger partial charge in [0.2, 0.25) is 5.91 Å². The van der Waals surface area contributed by atoms with Crippen molar-refractivity contribution >= 4 is 44.7 Å². The monoisotopic (exact) mass is 445 g/mol. The average molecular weight is 446 g/mol. The smallest absolute Gasteiger partial charge is 0.246 e. The van der Waals surface area contributed by atoms with Gasteiger partial charge in [0, 0.05) is 41.3 Å². The summed E-state index contributed by atoms with van der Waals surface area (Å²) in [6.45, 7) is 6.82. The van der Waals surface area contributed by atoms with Crippen LogP contribution in [0.4, 0.5) is 10.9 Å². The van der Waals surface area contributed by atoms with Gasteiger partial charge in [0.25, 0.3) is 0 Å². The van der Waals surface area contributed by atoms with Crippen molar-refractivity contribution in [3.8, 4) is 0 Å². The Hall–Kier alpha value is -2.93. The molecule has 1 saturated heterocycles. The summed E-state index contributed by atoms with van der Waals surface area (Å²) < 4.78 is 2.38. The number of fused-ring (bicyclic) bond motifs is 3. The van der Waals surface area contributed by atoms with Crippen LogP contribution in [0.3, 0.4) is 0 Å². The van der Waals surface area contributed by atoms with Crippen molar-refractivity contribution in [3.63, 3.8) is 0 Å². The molecule has 6 rings (SSSR count). The highest BCUT2D eigenvalue weighted by Gasteiger charge is 2.39. The minimum absolute atomic E-state index is 0.0380. The van der Waals surface area contributed by atoms with E-state index in [2.05, 4.69) is 52.8 Å². The van der Waals surface area contributed by atoms with Gasteiger partial charge >= 0.3 is 0 Å². The Labute approximate surface area is 191 Å². The van der Waals surface area contributed by atoms with E-state index in [1.54, 1.807) is 11.3 Å². The fourth-order valence-electron chi connectivity index (χ4n) is 5.21. The third kappa shape index (κ3) is 3.45. The minimum atomic E-state index is 0.0380. The quantitative estimate of drug-likeness (QED) is 0.524. The van der Waals surface area contributed by atoms with Crippen molar-refractivity contribution in [3.05, 3.63) is 53.8 Å². The van der Waals surface area contributed by atoms with Crippen LogP contribution < -0.4 is 5.32 Å². The maximum Gasteiger partial charge on any atom is 0.246 e. The summed E-state index contributed by atoms with van der Waals surface area (Å²) in [5.41, 5.74) is 3.50. The minimum Gasteiger partial charge on any atom is -0.347 e. The Balaban J connectivity index is 1.43. The van der Waals surface area contributed by atoms with Crippen molar-refractivity contribution in [2.45, 2.75) is 57.7 Å². The second kappa shape index (κ2) is 7.59. The molecule has 7 heteroatoms. The summed E-state index contributed by atoms with van der Waals surface area (Å²) in [7, 11) is 0. The first-order chi connectivity index (χ1) is 15.6. The summed E-state index contributed by atoms with van der Waals surface area (Å²) in [6.07, 6.45) is 13.3. The Morgan fingerprint density at radius 1 is 1.34 bits per heavy atom. The Morgan fingerprint density at radius 2 is 2.22 bits per heavy atom. The lowest BCUT2D eigenvalue weighted by atomic mass is 9.96. The van der Waals surface area contributed by atoms with E-state index >= 15 is 0 Å². The van der Waals surface area contributed by atoms with Crippen LogP contribution >= 0.6 is 11.3 Å². The van der Waals surface area contributed by atoms with E-state index in [9.17, 15) is 4.79 Å². The second-order valence-corrected chi connectivity index (χ2v) is 10.5. The number of aryl methyl sites for hydroxylation is 1. The number of pyridine rings is 1. The van der Waals surface area contributed by atoms with Crippen molar-refractivity contribution in [2.24, 2.45) is 5.92 Å². The standard InChI is InChI=1S/C25H27N5OS/c1-3-23(31)30-18-6-7-19(30)11-17(10-18)24-20-8-9-29(14-16-4-5-16)21(20)12-22(27-24)28-25-26-13-15(2)32-25/h3,8-10,12-13,16,18-19H,1,4-7,11,14H2,2H3,(H,26,27,28). The van der Waals surface area contributed by atoms with Crippen LogP contribution in [0, 0.1) is 12.8 Å². The molecule has 1 aliphatic carbocycles. The van der Waals surface area contributed by atoms with Crippen LogP contribution in [0.1, 0.15) is 42.7 Å². The van der Waals surface area contributed by atoms with Gasteiger partial charge in [-0.15, -0.1) is 11.3 Å². The molecule has 1 amide bonds. The first kappa shape index (κ1) is 19.7. The number of anilines is 2. The fraction of sp³-hybridized carbons (Fsp3) is 0.400. The van der Waals surface area contributed by atoms with Gasteiger partial charge in [-0.3, -0.25) is 4.79 Å². The first-order valence-electron chi connectivity index (χ1n) is 11.4. The molecule has 3 aromatic heterocycles. The van der Waals surface area contributed by atoms with E-state index in [-0.39, 0.29) is 18.0 Å². The number of hydrogen-bond acceptors (Lipinski definition) is 5. The molecular weight excluding hydrogens is 418 g/mol. The molecule has 0 radical (unpaired) electrons. The van der Waals surface area contributed by atoms with Crippen LogP contribution in [-0.2, 0) is 11.3 Å². The summed E-state index contributed by atoms with van der Waals surface area (Å²) in [4.78, 5) is 25.1. The summed E-state index contributed by atoms with van der Waals surface area (Å²) in [5, 5.41) is 5.49. The van der Waals surface area contributed by atoms with E-state index in [1.807, 2.05) is 11.1 Å². The second-order valence-electron chi connectivity index (χ2n) is 9.25. The molecule has 2 fully saturated rings. The van der Waals surface area contributed by atoms with Crippen LogP contribution in [0.2, 0.25) is 0 Å². The van der Waals surface area contributed by atoms with Gasteiger partial charge in [-0.2, -0.15) is 0 Å². The van der Waals surface area contributed by atoms with Gasteiger partial charge in [-0.1, -0.05) is 12.7 Å². The molecule has 1 saturated carbocycles. The van der Waals surface area contributed by atoms with Gasteiger partial charge in [-0.25, -0.2) is 9.97 Å². The van der Waals surface area contributed by atoms with Gasteiger partial charge in [0.05, 0.1) is 17.3 Å². The third-order valence-corrected chi connectivity index (χ3v) is 7.73. The zero-order valence-electron chi connectivity index (χ0n) is 18.3.